The first-order chi connectivity index (χ1) is 8.69. The Balaban J connectivity index is 0.000000149. The summed E-state index contributed by atoms with van der Waals surface area (Å²) < 4.78 is 3.97. The quantitative estimate of drug-likeness (QED) is 0.438. The zero-order valence-corrected chi connectivity index (χ0v) is 10.8. The van der Waals surface area contributed by atoms with E-state index in [0.717, 1.165) is 29.9 Å². The Kier molecular flexibility index (Phi) is 4.34. The Labute approximate surface area is 108 Å². The molecule has 2 bridgehead atoms. The number of hydrogen-bond donors (Lipinski definition) is 0. The maximum atomic E-state index is 9.92. The number of esters is 2. The molecule has 0 aromatic rings. The lowest BCUT2D eigenvalue weighted by Gasteiger charge is -2.16. The highest BCUT2D eigenvalue weighted by Gasteiger charge is 2.34. The topological polar surface area (TPSA) is 43.4 Å². The molecule has 1 heterocycles. The third kappa shape index (κ3) is 3.31. The molecule has 18 heavy (non-hydrogen) atoms. The molecule has 0 radical (unpaired) electrons. The standard InChI is InChI=1S/C11H18.C4H2O3/c1-2-3-4-10-7-9-5-6-11(10)8-9;5-3-1-2-4(6)7-3/h5-6,9-11H,2-4,7-8H2,1H3;1-2H. The van der Waals surface area contributed by atoms with Gasteiger partial charge in [0, 0.05) is 12.2 Å². The molecule has 1 saturated carbocycles. The van der Waals surface area contributed by atoms with Gasteiger partial charge in [-0.25, -0.2) is 9.59 Å². The Morgan fingerprint density at radius 1 is 1.17 bits per heavy atom. The van der Waals surface area contributed by atoms with E-state index in [0.29, 0.717) is 0 Å². The van der Waals surface area contributed by atoms with E-state index in [-0.39, 0.29) is 0 Å². The number of allylic oxidation sites excluding steroid dienone is 2. The lowest BCUT2D eigenvalue weighted by molar-refractivity contribution is -0.150. The number of hydrogen-bond acceptors (Lipinski definition) is 3. The predicted octanol–water partition coefficient (Wildman–Crippen LogP) is 3.01. The fourth-order valence-corrected chi connectivity index (χ4v) is 3.00. The van der Waals surface area contributed by atoms with Crippen molar-refractivity contribution in [1.29, 1.82) is 0 Å². The van der Waals surface area contributed by atoms with Gasteiger partial charge < -0.3 is 4.74 Å². The summed E-state index contributed by atoms with van der Waals surface area (Å²) >= 11 is 0. The molecule has 98 valence electrons. The van der Waals surface area contributed by atoms with E-state index in [1.54, 1.807) is 0 Å². The molecular weight excluding hydrogens is 228 g/mol. The summed E-state index contributed by atoms with van der Waals surface area (Å²) in [7, 11) is 0. The maximum absolute atomic E-state index is 9.92. The second-order valence-corrected chi connectivity index (χ2v) is 5.26. The number of unbranched alkanes of at least 4 members (excludes halogenated alkanes) is 1. The Morgan fingerprint density at radius 2 is 1.89 bits per heavy atom. The number of ether oxygens (including phenoxy) is 1. The summed E-state index contributed by atoms with van der Waals surface area (Å²) in [6, 6.07) is 0. The van der Waals surface area contributed by atoms with Crippen molar-refractivity contribution in [2.45, 2.75) is 39.0 Å². The third-order valence-corrected chi connectivity index (χ3v) is 3.90. The van der Waals surface area contributed by atoms with Crippen LogP contribution in [0.25, 0.3) is 0 Å². The van der Waals surface area contributed by atoms with E-state index in [9.17, 15) is 9.59 Å². The van der Waals surface area contributed by atoms with Crippen molar-refractivity contribution < 1.29 is 14.3 Å². The molecule has 2 aliphatic carbocycles. The number of cyclic esters (lactones) is 2. The van der Waals surface area contributed by atoms with Gasteiger partial charge in [0.2, 0.25) is 0 Å². The Bertz CT molecular complexity index is 365. The molecule has 3 heteroatoms. The smallest absolute Gasteiger partial charge is 0.338 e. The molecule has 3 unspecified atom stereocenters. The minimum absolute atomic E-state index is 0.579. The third-order valence-electron chi connectivity index (χ3n) is 3.90. The molecule has 1 aliphatic heterocycles. The van der Waals surface area contributed by atoms with Crippen molar-refractivity contribution in [3.05, 3.63) is 24.3 Å². The molecule has 0 N–H and O–H groups in total. The van der Waals surface area contributed by atoms with Gasteiger partial charge in [0.05, 0.1) is 0 Å². The Hall–Kier alpha value is -1.38. The summed E-state index contributed by atoms with van der Waals surface area (Å²) in [5.41, 5.74) is 0. The number of rotatable bonds is 3. The maximum Gasteiger partial charge on any atom is 0.338 e. The minimum atomic E-state index is -0.579. The van der Waals surface area contributed by atoms with Crippen LogP contribution in [-0.4, -0.2) is 11.9 Å². The highest BCUT2D eigenvalue weighted by Crippen LogP contribution is 2.45. The van der Waals surface area contributed by atoms with Crippen LogP contribution in [0.1, 0.15) is 39.0 Å². The molecule has 3 rings (SSSR count). The first-order valence-corrected chi connectivity index (χ1v) is 6.81. The van der Waals surface area contributed by atoms with Gasteiger partial charge in [0.15, 0.2) is 0 Å². The average Bonchev–Trinajstić information content (AvgIpc) is 3.04. The monoisotopic (exact) mass is 248 g/mol. The van der Waals surface area contributed by atoms with Gasteiger partial charge in [0.1, 0.15) is 0 Å². The van der Waals surface area contributed by atoms with Gasteiger partial charge in [-0.1, -0.05) is 31.9 Å². The average molecular weight is 248 g/mol. The van der Waals surface area contributed by atoms with Gasteiger partial charge in [-0.2, -0.15) is 0 Å². The summed E-state index contributed by atoms with van der Waals surface area (Å²) in [5, 5.41) is 0. The summed E-state index contributed by atoms with van der Waals surface area (Å²) in [5.74, 6) is 1.85. The van der Waals surface area contributed by atoms with Gasteiger partial charge in [-0.05, 0) is 37.0 Å². The van der Waals surface area contributed by atoms with Crippen molar-refractivity contribution in [3.8, 4) is 0 Å². The molecule has 3 nitrogen and oxygen atoms in total. The predicted molar refractivity (Wildman–Crippen MR) is 68.6 cm³/mol. The van der Waals surface area contributed by atoms with E-state index in [1.165, 1.54) is 32.1 Å². The minimum Gasteiger partial charge on any atom is -0.387 e. The summed E-state index contributed by atoms with van der Waals surface area (Å²) in [6.45, 7) is 2.29. The van der Waals surface area contributed by atoms with Gasteiger partial charge in [0.25, 0.3) is 0 Å². The summed E-state index contributed by atoms with van der Waals surface area (Å²) in [6.07, 6.45) is 14.4. The van der Waals surface area contributed by atoms with Crippen LogP contribution in [0.4, 0.5) is 0 Å². The number of carbonyl (C=O) groups is 2. The molecule has 0 saturated heterocycles. The van der Waals surface area contributed by atoms with Crippen LogP contribution in [0, 0.1) is 17.8 Å². The first kappa shape index (κ1) is 13.1. The highest BCUT2D eigenvalue weighted by molar-refractivity contribution is 6.04. The molecule has 1 fully saturated rings. The van der Waals surface area contributed by atoms with Crippen LogP contribution in [-0.2, 0) is 14.3 Å². The van der Waals surface area contributed by atoms with Crippen molar-refractivity contribution in [1.82, 2.24) is 0 Å². The van der Waals surface area contributed by atoms with Crippen LogP contribution >= 0.6 is 0 Å². The number of carbonyl (C=O) groups excluding carboxylic acids is 2. The highest BCUT2D eigenvalue weighted by atomic mass is 16.6. The SMILES string of the molecule is CCCCC1CC2C=CC1C2.O=C1C=CC(=O)O1. The van der Waals surface area contributed by atoms with E-state index >= 15 is 0 Å². The fraction of sp³-hybridized carbons (Fsp3) is 0.600. The van der Waals surface area contributed by atoms with Gasteiger partial charge in [-0.15, -0.1) is 0 Å². The van der Waals surface area contributed by atoms with Crippen molar-refractivity contribution >= 4 is 11.9 Å². The molecule has 0 amide bonds. The second-order valence-electron chi connectivity index (χ2n) is 5.26. The van der Waals surface area contributed by atoms with Crippen molar-refractivity contribution in [3.63, 3.8) is 0 Å². The molecule has 0 spiro atoms. The van der Waals surface area contributed by atoms with Crippen LogP contribution in [0.2, 0.25) is 0 Å². The van der Waals surface area contributed by atoms with E-state index < -0.39 is 11.9 Å². The molecule has 0 aromatic carbocycles. The van der Waals surface area contributed by atoms with Crippen LogP contribution in [0.5, 0.6) is 0 Å². The molecule has 3 aliphatic rings. The van der Waals surface area contributed by atoms with E-state index in [4.69, 9.17) is 0 Å². The lowest BCUT2D eigenvalue weighted by atomic mass is 9.89. The zero-order valence-electron chi connectivity index (χ0n) is 10.8. The second kappa shape index (κ2) is 5.98. The molecular formula is C15H20O3. The zero-order chi connectivity index (χ0) is 13.0. The molecule has 0 aromatic heterocycles. The van der Waals surface area contributed by atoms with E-state index in [1.807, 2.05) is 0 Å². The first-order valence-electron chi connectivity index (χ1n) is 6.81. The normalized spacial score (nSPS) is 31.5. The van der Waals surface area contributed by atoms with Crippen molar-refractivity contribution in [2.24, 2.45) is 17.8 Å². The Morgan fingerprint density at radius 3 is 2.28 bits per heavy atom. The molecule has 3 atom stereocenters. The van der Waals surface area contributed by atoms with Crippen LogP contribution in [0.15, 0.2) is 24.3 Å². The number of fused-ring (bicyclic) bond motifs is 2. The van der Waals surface area contributed by atoms with Crippen LogP contribution in [0.3, 0.4) is 0 Å². The van der Waals surface area contributed by atoms with E-state index in [2.05, 4.69) is 23.8 Å². The van der Waals surface area contributed by atoms with Gasteiger partial charge >= 0.3 is 11.9 Å². The summed E-state index contributed by atoms with van der Waals surface area (Å²) in [4.78, 5) is 19.8. The lowest BCUT2D eigenvalue weighted by Crippen LogP contribution is -2.06. The fourth-order valence-electron chi connectivity index (χ4n) is 3.00. The van der Waals surface area contributed by atoms with Crippen LogP contribution < -0.4 is 0 Å². The largest absolute Gasteiger partial charge is 0.387 e. The van der Waals surface area contributed by atoms with Crippen molar-refractivity contribution in [2.75, 3.05) is 0 Å². The van der Waals surface area contributed by atoms with Gasteiger partial charge in [-0.3, -0.25) is 0 Å².